The largest absolute Gasteiger partial charge is 0.481 e. The second kappa shape index (κ2) is 7.12. The number of carbonyl (C=O) groups is 3. The lowest BCUT2D eigenvalue weighted by Crippen LogP contribution is -2.50. The smallest absolute Gasteiger partial charge is 0.326 e. The van der Waals surface area contributed by atoms with E-state index in [1.807, 2.05) is 0 Å². The Hall–Kier alpha value is -1.79. The Morgan fingerprint density at radius 2 is 1.80 bits per heavy atom. The standard InChI is InChI=1S/C13H22N2O5/c1-7-3-4-9(5-8(7)2)14-13(20)15-10(12(18)19)6-11(16)17/h7-10H,3-6H2,1-2H3,(H,16,17)(H,18,19)(H2,14,15,20). The van der Waals surface area contributed by atoms with Gasteiger partial charge in [-0.25, -0.2) is 9.59 Å². The Labute approximate surface area is 117 Å². The van der Waals surface area contributed by atoms with Gasteiger partial charge < -0.3 is 20.8 Å². The minimum absolute atomic E-state index is 0.0143. The van der Waals surface area contributed by atoms with Gasteiger partial charge in [0.05, 0.1) is 6.42 Å². The van der Waals surface area contributed by atoms with E-state index in [1.165, 1.54) is 0 Å². The van der Waals surface area contributed by atoms with Crippen LogP contribution in [0.15, 0.2) is 0 Å². The van der Waals surface area contributed by atoms with Gasteiger partial charge in [0.15, 0.2) is 0 Å². The van der Waals surface area contributed by atoms with Crippen LogP contribution in [0.4, 0.5) is 4.79 Å². The van der Waals surface area contributed by atoms with Gasteiger partial charge in [0.1, 0.15) is 6.04 Å². The zero-order valence-corrected chi connectivity index (χ0v) is 11.8. The second-order valence-corrected chi connectivity index (χ2v) is 5.57. The molecule has 0 aromatic rings. The number of rotatable bonds is 5. The molecule has 7 heteroatoms. The molecule has 1 aliphatic rings. The number of amides is 2. The van der Waals surface area contributed by atoms with Crippen molar-refractivity contribution in [1.82, 2.24) is 10.6 Å². The van der Waals surface area contributed by atoms with Gasteiger partial charge in [-0.2, -0.15) is 0 Å². The van der Waals surface area contributed by atoms with Crippen LogP contribution < -0.4 is 10.6 Å². The highest BCUT2D eigenvalue weighted by Crippen LogP contribution is 2.29. The molecule has 114 valence electrons. The summed E-state index contributed by atoms with van der Waals surface area (Å²) in [5.41, 5.74) is 0. The lowest BCUT2D eigenvalue weighted by atomic mass is 9.79. The fourth-order valence-corrected chi connectivity index (χ4v) is 2.44. The fraction of sp³-hybridized carbons (Fsp3) is 0.769. The molecule has 0 saturated heterocycles. The van der Waals surface area contributed by atoms with Crippen LogP contribution in [-0.2, 0) is 9.59 Å². The molecular weight excluding hydrogens is 264 g/mol. The normalized spacial score (nSPS) is 27.4. The number of carboxylic acid groups (broad SMARTS) is 2. The molecule has 0 aromatic heterocycles. The van der Waals surface area contributed by atoms with Crippen LogP contribution in [0, 0.1) is 11.8 Å². The summed E-state index contributed by atoms with van der Waals surface area (Å²) in [6, 6.07) is -2.02. The molecule has 4 unspecified atom stereocenters. The number of aliphatic carboxylic acids is 2. The summed E-state index contributed by atoms with van der Waals surface area (Å²) in [6.45, 7) is 4.30. The van der Waals surface area contributed by atoms with E-state index in [4.69, 9.17) is 10.2 Å². The number of hydrogen-bond donors (Lipinski definition) is 4. The van der Waals surface area contributed by atoms with Crippen molar-refractivity contribution in [1.29, 1.82) is 0 Å². The molecule has 0 aromatic carbocycles. The van der Waals surface area contributed by atoms with E-state index in [2.05, 4.69) is 24.5 Å². The van der Waals surface area contributed by atoms with Gasteiger partial charge in [-0.15, -0.1) is 0 Å². The van der Waals surface area contributed by atoms with E-state index in [9.17, 15) is 14.4 Å². The van der Waals surface area contributed by atoms with Crippen molar-refractivity contribution in [3.8, 4) is 0 Å². The van der Waals surface area contributed by atoms with Crippen LogP contribution in [0.5, 0.6) is 0 Å². The predicted octanol–water partition coefficient (Wildman–Crippen LogP) is 1.04. The zero-order valence-electron chi connectivity index (χ0n) is 11.8. The number of carboxylic acids is 2. The predicted molar refractivity (Wildman–Crippen MR) is 71.3 cm³/mol. The maximum atomic E-state index is 11.7. The van der Waals surface area contributed by atoms with Gasteiger partial charge >= 0.3 is 18.0 Å². The Morgan fingerprint density at radius 3 is 2.30 bits per heavy atom. The van der Waals surface area contributed by atoms with E-state index in [-0.39, 0.29) is 6.04 Å². The van der Waals surface area contributed by atoms with Crippen LogP contribution in [0.2, 0.25) is 0 Å². The molecule has 1 saturated carbocycles. The highest BCUT2D eigenvalue weighted by atomic mass is 16.4. The van der Waals surface area contributed by atoms with E-state index in [1.54, 1.807) is 0 Å². The Morgan fingerprint density at radius 1 is 1.15 bits per heavy atom. The van der Waals surface area contributed by atoms with Crippen LogP contribution in [0.1, 0.15) is 39.5 Å². The van der Waals surface area contributed by atoms with Crippen LogP contribution in [-0.4, -0.2) is 40.3 Å². The number of hydrogen-bond acceptors (Lipinski definition) is 3. The van der Waals surface area contributed by atoms with E-state index in [0.717, 1.165) is 19.3 Å². The summed E-state index contributed by atoms with van der Waals surface area (Å²) in [5, 5.41) is 22.4. The van der Waals surface area contributed by atoms with Gasteiger partial charge in [-0.3, -0.25) is 4.79 Å². The Bertz CT molecular complexity index is 385. The Balaban J connectivity index is 2.45. The molecule has 1 aliphatic carbocycles. The van der Waals surface area contributed by atoms with Gasteiger partial charge in [0.25, 0.3) is 0 Å². The van der Waals surface area contributed by atoms with Crippen molar-refractivity contribution in [2.75, 3.05) is 0 Å². The highest BCUT2D eigenvalue weighted by molar-refractivity contribution is 5.86. The van der Waals surface area contributed by atoms with Gasteiger partial charge in [-0.05, 0) is 31.1 Å². The summed E-state index contributed by atoms with van der Waals surface area (Å²) < 4.78 is 0. The summed E-state index contributed by atoms with van der Waals surface area (Å²) in [7, 11) is 0. The van der Waals surface area contributed by atoms with E-state index in [0.29, 0.717) is 11.8 Å². The maximum Gasteiger partial charge on any atom is 0.326 e. The fourth-order valence-electron chi connectivity index (χ4n) is 2.44. The van der Waals surface area contributed by atoms with Crippen molar-refractivity contribution < 1.29 is 24.6 Å². The molecule has 1 fully saturated rings. The SMILES string of the molecule is CC1CCC(NC(=O)NC(CC(=O)O)C(=O)O)CC1C. The topological polar surface area (TPSA) is 116 Å². The number of nitrogens with one attached hydrogen (secondary N) is 2. The minimum atomic E-state index is -1.41. The molecule has 0 bridgehead atoms. The maximum absolute atomic E-state index is 11.7. The summed E-state index contributed by atoms with van der Waals surface area (Å²) in [6.07, 6.45) is 2.09. The molecule has 20 heavy (non-hydrogen) atoms. The third-order valence-corrected chi connectivity index (χ3v) is 3.92. The molecule has 1 rings (SSSR count). The second-order valence-electron chi connectivity index (χ2n) is 5.57. The minimum Gasteiger partial charge on any atom is -0.481 e. The lowest BCUT2D eigenvalue weighted by molar-refractivity contribution is -0.145. The van der Waals surface area contributed by atoms with Crippen molar-refractivity contribution in [3.63, 3.8) is 0 Å². The molecule has 2 amide bonds. The quantitative estimate of drug-likeness (QED) is 0.602. The lowest BCUT2D eigenvalue weighted by Gasteiger charge is -2.32. The number of urea groups is 1. The molecule has 0 heterocycles. The molecule has 0 radical (unpaired) electrons. The Kier molecular flexibility index (Phi) is 5.79. The molecule has 4 atom stereocenters. The third-order valence-electron chi connectivity index (χ3n) is 3.92. The average molecular weight is 286 g/mol. The van der Waals surface area contributed by atoms with Gasteiger partial charge in [-0.1, -0.05) is 13.8 Å². The van der Waals surface area contributed by atoms with E-state index < -0.39 is 30.4 Å². The van der Waals surface area contributed by atoms with Crippen LogP contribution >= 0.6 is 0 Å². The molecule has 0 aliphatic heterocycles. The molecule has 0 spiro atoms. The van der Waals surface area contributed by atoms with Crippen molar-refractivity contribution in [2.24, 2.45) is 11.8 Å². The van der Waals surface area contributed by atoms with Crippen LogP contribution in [0.25, 0.3) is 0 Å². The van der Waals surface area contributed by atoms with Crippen molar-refractivity contribution >= 4 is 18.0 Å². The summed E-state index contributed by atoms with van der Waals surface area (Å²) in [5.74, 6) is -1.50. The first-order chi connectivity index (χ1) is 9.29. The van der Waals surface area contributed by atoms with Gasteiger partial charge in [0, 0.05) is 6.04 Å². The van der Waals surface area contributed by atoms with Crippen molar-refractivity contribution in [3.05, 3.63) is 0 Å². The molecule has 7 nitrogen and oxygen atoms in total. The van der Waals surface area contributed by atoms with E-state index >= 15 is 0 Å². The van der Waals surface area contributed by atoms with Crippen molar-refractivity contribution in [2.45, 2.75) is 51.6 Å². The molecular formula is C13H22N2O5. The van der Waals surface area contributed by atoms with Crippen LogP contribution in [0.3, 0.4) is 0 Å². The monoisotopic (exact) mass is 286 g/mol. The first kappa shape index (κ1) is 16.3. The first-order valence-electron chi connectivity index (χ1n) is 6.81. The zero-order chi connectivity index (χ0) is 15.3. The average Bonchev–Trinajstić information content (AvgIpc) is 2.32. The number of carbonyl (C=O) groups excluding carboxylic acids is 1. The van der Waals surface area contributed by atoms with Gasteiger partial charge in [0.2, 0.25) is 0 Å². The molecule has 4 N–H and O–H groups in total. The third kappa shape index (κ3) is 5.07. The first-order valence-corrected chi connectivity index (χ1v) is 6.81. The summed E-state index contributed by atoms with van der Waals surface area (Å²) >= 11 is 0. The highest BCUT2D eigenvalue weighted by Gasteiger charge is 2.27. The summed E-state index contributed by atoms with van der Waals surface area (Å²) in [4.78, 5) is 33.1.